The van der Waals surface area contributed by atoms with Crippen molar-refractivity contribution >= 4 is 6.03 Å². The normalized spacial score (nSPS) is 15.2. The van der Waals surface area contributed by atoms with Crippen LogP contribution in [0.3, 0.4) is 0 Å². The Bertz CT molecular complexity index is 331. The first-order chi connectivity index (χ1) is 6.74. The minimum absolute atomic E-state index is 0.137. The van der Waals surface area contributed by atoms with Gasteiger partial charge in [-0.15, -0.1) is 0 Å². The van der Waals surface area contributed by atoms with E-state index in [1.807, 2.05) is 0 Å². The van der Waals surface area contributed by atoms with Crippen molar-refractivity contribution in [1.29, 1.82) is 0 Å². The maximum Gasteiger partial charge on any atom is 0.315 e. The Balaban J connectivity index is 1.73. The molecule has 76 valence electrons. The fourth-order valence-corrected chi connectivity index (χ4v) is 1.12. The molecule has 0 aromatic carbocycles. The van der Waals surface area contributed by atoms with E-state index in [1.54, 1.807) is 13.1 Å². The zero-order valence-electron chi connectivity index (χ0n) is 8.04. The zero-order valence-corrected chi connectivity index (χ0v) is 8.04. The van der Waals surface area contributed by atoms with E-state index in [0.717, 1.165) is 12.8 Å². The van der Waals surface area contributed by atoms with Gasteiger partial charge < -0.3 is 15.1 Å². The number of aryl methyl sites for hydroxylation is 1. The lowest BCUT2D eigenvalue weighted by atomic mass is 10.5. The van der Waals surface area contributed by atoms with Crippen molar-refractivity contribution in [2.45, 2.75) is 32.4 Å². The summed E-state index contributed by atoms with van der Waals surface area (Å²) in [6.07, 6.45) is 3.80. The van der Waals surface area contributed by atoms with Crippen LogP contribution in [0.4, 0.5) is 4.79 Å². The number of rotatable bonds is 3. The van der Waals surface area contributed by atoms with Crippen LogP contribution in [0.1, 0.15) is 24.5 Å². The van der Waals surface area contributed by atoms with Crippen molar-refractivity contribution in [2.75, 3.05) is 0 Å². The molecule has 0 atom stereocenters. The maximum absolute atomic E-state index is 11.2. The van der Waals surface area contributed by atoms with Gasteiger partial charge in [-0.3, -0.25) is 0 Å². The van der Waals surface area contributed by atoms with Crippen molar-refractivity contribution in [3.63, 3.8) is 0 Å². The first-order valence-electron chi connectivity index (χ1n) is 4.70. The molecule has 0 spiro atoms. The van der Waals surface area contributed by atoms with Crippen LogP contribution in [0, 0.1) is 6.92 Å². The molecule has 0 unspecified atom stereocenters. The second-order valence-electron chi connectivity index (χ2n) is 3.45. The molecule has 0 radical (unpaired) electrons. The molecule has 1 aliphatic carbocycles. The highest BCUT2D eigenvalue weighted by molar-refractivity contribution is 5.74. The molecule has 1 aliphatic rings. The molecule has 5 heteroatoms. The van der Waals surface area contributed by atoms with Gasteiger partial charge in [-0.05, 0) is 12.8 Å². The fourth-order valence-electron chi connectivity index (χ4n) is 1.12. The number of carbonyl (C=O) groups is 1. The summed E-state index contributed by atoms with van der Waals surface area (Å²) < 4.78 is 5.20. The van der Waals surface area contributed by atoms with Gasteiger partial charge in [-0.1, -0.05) is 0 Å². The van der Waals surface area contributed by atoms with Crippen molar-refractivity contribution in [2.24, 2.45) is 0 Å². The molecule has 0 bridgehead atoms. The molecule has 1 aromatic rings. The van der Waals surface area contributed by atoms with E-state index in [0.29, 0.717) is 24.2 Å². The fraction of sp³-hybridized carbons (Fsp3) is 0.556. The van der Waals surface area contributed by atoms with Gasteiger partial charge in [-0.2, -0.15) is 0 Å². The van der Waals surface area contributed by atoms with Gasteiger partial charge in [0, 0.05) is 13.0 Å². The number of nitrogens with one attached hydrogen (secondary N) is 2. The van der Waals surface area contributed by atoms with E-state index in [1.165, 1.54) is 0 Å². The number of aromatic nitrogens is 1. The maximum atomic E-state index is 11.2. The second-order valence-corrected chi connectivity index (χ2v) is 3.45. The zero-order chi connectivity index (χ0) is 9.97. The summed E-state index contributed by atoms with van der Waals surface area (Å²) in [5.41, 5.74) is 0. The van der Waals surface area contributed by atoms with Crippen LogP contribution in [0.15, 0.2) is 10.6 Å². The molecule has 14 heavy (non-hydrogen) atoms. The minimum atomic E-state index is -0.137. The van der Waals surface area contributed by atoms with Crippen molar-refractivity contribution < 1.29 is 9.21 Å². The first kappa shape index (κ1) is 9.05. The second kappa shape index (κ2) is 3.69. The lowest BCUT2D eigenvalue weighted by molar-refractivity contribution is 0.239. The molecule has 2 rings (SSSR count). The van der Waals surface area contributed by atoms with Crippen LogP contribution in [-0.2, 0) is 6.54 Å². The summed E-state index contributed by atoms with van der Waals surface area (Å²) in [7, 11) is 0. The summed E-state index contributed by atoms with van der Waals surface area (Å²) in [4.78, 5) is 15.1. The largest absolute Gasteiger partial charge is 0.444 e. The number of hydrogen-bond acceptors (Lipinski definition) is 3. The highest BCUT2D eigenvalue weighted by Crippen LogP contribution is 2.18. The predicted octanol–water partition coefficient (Wildman–Crippen LogP) is 0.945. The van der Waals surface area contributed by atoms with Crippen LogP contribution in [-0.4, -0.2) is 17.1 Å². The molecular formula is C9H13N3O2. The van der Waals surface area contributed by atoms with Gasteiger partial charge in [0.2, 0.25) is 0 Å². The first-order valence-corrected chi connectivity index (χ1v) is 4.70. The number of oxazole rings is 1. The highest BCUT2D eigenvalue weighted by atomic mass is 16.4. The van der Waals surface area contributed by atoms with Crippen LogP contribution >= 0.6 is 0 Å². The Labute approximate surface area is 81.9 Å². The van der Waals surface area contributed by atoms with Crippen molar-refractivity contribution in [3.05, 3.63) is 17.8 Å². The van der Waals surface area contributed by atoms with Crippen LogP contribution < -0.4 is 10.6 Å². The Morgan fingerprint density at radius 2 is 2.50 bits per heavy atom. The molecule has 0 saturated heterocycles. The van der Waals surface area contributed by atoms with Gasteiger partial charge in [0.25, 0.3) is 0 Å². The van der Waals surface area contributed by atoms with Gasteiger partial charge in [0.1, 0.15) is 5.76 Å². The molecular weight excluding hydrogens is 182 g/mol. The van der Waals surface area contributed by atoms with Gasteiger partial charge >= 0.3 is 6.03 Å². The summed E-state index contributed by atoms with van der Waals surface area (Å²) in [5, 5.41) is 5.52. The van der Waals surface area contributed by atoms with Crippen molar-refractivity contribution in [3.8, 4) is 0 Å². The van der Waals surface area contributed by atoms with E-state index >= 15 is 0 Å². The SMILES string of the molecule is Cc1ncc(CNC(=O)NC2CC2)o1. The van der Waals surface area contributed by atoms with Gasteiger partial charge in [0.15, 0.2) is 5.89 Å². The molecule has 1 heterocycles. The number of urea groups is 1. The lowest BCUT2D eigenvalue weighted by Gasteiger charge is -2.03. The van der Waals surface area contributed by atoms with E-state index < -0.39 is 0 Å². The van der Waals surface area contributed by atoms with Crippen LogP contribution in [0.5, 0.6) is 0 Å². The summed E-state index contributed by atoms with van der Waals surface area (Å²) in [6.45, 7) is 2.16. The standard InChI is InChI=1S/C9H13N3O2/c1-6-10-4-8(14-6)5-11-9(13)12-7-2-3-7/h4,7H,2-3,5H2,1H3,(H2,11,12,13). The van der Waals surface area contributed by atoms with E-state index in [-0.39, 0.29) is 6.03 Å². The Kier molecular flexibility index (Phi) is 2.39. The summed E-state index contributed by atoms with van der Waals surface area (Å²) in [5.74, 6) is 1.29. The summed E-state index contributed by atoms with van der Waals surface area (Å²) in [6, 6.07) is 0.244. The van der Waals surface area contributed by atoms with Crippen LogP contribution in [0.2, 0.25) is 0 Å². The predicted molar refractivity (Wildman–Crippen MR) is 49.6 cm³/mol. The lowest BCUT2D eigenvalue weighted by Crippen LogP contribution is -2.36. The summed E-state index contributed by atoms with van der Waals surface area (Å²) >= 11 is 0. The Hall–Kier alpha value is -1.52. The average Bonchev–Trinajstić information content (AvgIpc) is 2.85. The third-order valence-corrected chi connectivity index (χ3v) is 2.00. The molecule has 1 aromatic heterocycles. The third kappa shape index (κ3) is 2.48. The number of hydrogen-bond donors (Lipinski definition) is 2. The molecule has 2 amide bonds. The molecule has 0 aliphatic heterocycles. The average molecular weight is 195 g/mol. The molecule has 1 fully saturated rings. The molecule has 2 N–H and O–H groups in total. The van der Waals surface area contributed by atoms with Crippen LogP contribution in [0.25, 0.3) is 0 Å². The number of carbonyl (C=O) groups excluding carboxylic acids is 1. The Morgan fingerprint density at radius 1 is 1.71 bits per heavy atom. The highest BCUT2D eigenvalue weighted by Gasteiger charge is 2.22. The third-order valence-electron chi connectivity index (χ3n) is 2.00. The van der Waals surface area contributed by atoms with Gasteiger partial charge in [0.05, 0.1) is 12.7 Å². The minimum Gasteiger partial charge on any atom is -0.444 e. The Morgan fingerprint density at radius 3 is 3.07 bits per heavy atom. The van der Waals surface area contributed by atoms with E-state index in [4.69, 9.17) is 4.42 Å². The quantitative estimate of drug-likeness (QED) is 0.754. The smallest absolute Gasteiger partial charge is 0.315 e. The monoisotopic (exact) mass is 195 g/mol. The topological polar surface area (TPSA) is 67.2 Å². The number of nitrogens with zero attached hydrogens (tertiary/aromatic N) is 1. The van der Waals surface area contributed by atoms with E-state index in [9.17, 15) is 4.79 Å². The van der Waals surface area contributed by atoms with Crippen molar-refractivity contribution in [1.82, 2.24) is 15.6 Å². The molecule has 1 saturated carbocycles. The van der Waals surface area contributed by atoms with Gasteiger partial charge in [-0.25, -0.2) is 9.78 Å². The van der Waals surface area contributed by atoms with E-state index in [2.05, 4.69) is 15.6 Å². The number of amides is 2. The molecule has 5 nitrogen and oxygen atoms in total.